The third kappa shape index (κ3) is 3.14. The van der Waals surface area contributed by atoms with Crippen LogP contribution in [0.5, 0.6) is 0 Å². The lowest BCUT2D eigenvalue weighted by atomic mass is 10.5. The molecule has 0 aliphatic heterocycles. The number of carbonyl (C=O) groups excluding carboxylic acids is 1. The lowest BCUT2D eigenvalue weighted by Crippen LogP contribution is -2.34. The summed E-state index contributed by atoms with van der Waals surface area (Å²) in [6.45, 7) is 0. The third-order valence-corrected chi connectivity index (χ3v) is 1.44. The molecular formula is C7H6ClF2N3O. The van der Waals surface area contributed by atoms with Crippen LogP contribution in [0.15, 0.2) is 18.2 Å². The Morgan fingerprint density at radius 1 is 1.50 bits per heavy atom. The van der Waals surface area contributed by atoms with Gasteiger partial charge in [0.25, 0.3) is 0 Å². The van der Waals surface area contributed by atoms with Crippen LogP contribution >= 0.6 is 11.6 Å². The minimum absolute atomic E-state index is 0.187. The molecule has 1 rings (SSSR count). The summed E-state index contributed by atoms with van der Waals surface area (Å²) in [6, 6.07) is 4.55. The summed E-state index contributed by atoms with van der Waals surface area (Å²) in [6.07, 6.45) is -3.07. The molecule has 1 amide bonds. The van der Waals surface area contributed by atoms with Crippen LogP contribution < -0.4 is 10.9 Å². The molecule has 0 unspecified atom stereocenters. The number of hydrogen-bond donors (Lipinski definition) is 2. The fraction of sp³-hybridized carbons (Fsp3) is 0.143. The van der Waals surface area contributed by atoms with Gasteiger partial charge in [-0.3, -0.25) is 15.6 Å². The first-order valence-corrected chi connectivity index (χ1v) is 3.94. The molecule has 76 valence electrons. The minimum Gasteiger partial charge on any atom is -0.282 e. The largest absolute Gasteiger partial charge is 0.317 e. The van der Waals surface area contributed by atoms with Gasteiger partial charge in [-0.1, -0.05) is 17.7 Å². The highest BCUT2D eigenvalue weighted by Crippen LogP contribution is 2.07. The maximum absolute atomic E-state index is 11.7. The van der Waals surface area contributed by atoms with E-state index in [-0.39, 0.29) is 11.0 Å². The molecule has 4 nitrogen and oxygen atoms in total. The van der Waals surface area contributed by atoms with Gasteiger partial charge in [0.2, 0.25) is 0 Å². The number of nitrogens with one attached hydrogen (secondary N) is 2. The Balaban J connectivity index is 2.50. The number of pyridine rings is 1. The summed E-state index contributed by atoms with van der Waals surface area (Å²) < 4.78 is 23.4. The Kier molecular flexibility index (Phi) is 3.58. The van der Waals surface area contributed by atoms with Gasteiger partial charge in [-0.05, 0) is 12.1 Å². The highest BCUT2D eigenvalue weighted by molar-refractivity contribution is 6.29. The average molecular weight is 222 g/mol. The normalized spacial score (nSPS) is 10.0. The number of amides is 1. The summed E-state index contributed by atoms with van der Waals surface area (Å²) in [5.41, 5.74) is 3.96. The summed E-state index contributed by atoms with van der Waals surface area (Å²) in [5.74, 6) is -1.24. The average Bonchev–Trinajstić information content (AvgIpc) is 2.14. The molecule has 0 bridgehead atoms. The molecule has 14 heavy (non-hydrogen) atoms. The second kappa shape index (κ2) is 4.71. The van der Waals surface area contributed by atoms with E-state index >= 15 is 0 Å². The number of alkyl halides is 2. The molecule has 0 fully saturated rings. The summed E-state index contributed by atoms with van der Waals surface area (Å²) in [5, 5.41) is 0.196. The van der Waals surface area contributed by atoms with Crippen molar-refractivity contribution in [2.24, 2.45) is 0 Å². The molecule has 1 aromatic heterocycles. The zero-order valence-electron chi connectivity index (χ0n) is 6.80. The Morgan fingerprint density at radius 2 is 2.21 bits per heavy atom. The van der Waals surface area contributed by atoms with Crippen molar-refractivity contribution < 1.29 is 13.6 Å². The number of carbonyl (C=O) groups is 1. The highest BCUT2D eigenvalue weighted by Gasteiger charge is 2.14. The molecule has 1 aromatic rings. The van der Waals surface area contributed by atoms with E-state index in [1.165, 1.54) is 12.1 Å². The second-order valence-electron chi connectivity index (χ2n) is 2.26. The van der Waals surface area contributed by atoms with E-state index in [1.807, 2.05) is 0 Å². The standard InChI is InChI=1S/C7H6ClF2N3O/c8-4-2-1-3-5(11-4)12-13-7(14)6(9)10/h1-3,6H,(H,11,12)(H,13,14). The van der Waals surface area contributed by atoms with Gasteiger partial charge >= 0.3 is 12.3 Å². The minimum atomic E-state index is -3.07. The number of anilines is 1. The Labute approximate surface area is 83.2 Å². The number of nitrogens with zero attached hydrogens (tertiary/aromatic N) is 1. The molecule has 0 aliphatic rings. The molecule has 7 heteroatoms. The SMILES string of the molecule is O=C(NNc1cccc(Cl)n1)C(F)F. The lowest BCUT2D eigenvalue weighted by molar-refractivity contribution is -0.131. The fourth-order valence-electron chi connectivity index (χ4n) is 0.658. The number of rotatable bonds is 3. The summed E-state index contributed by atoms with van der Waals surface area (Å²) >= 11 is 5.51. The number of hydrogen-bond acceptors (Lipinski definition) is 3. The molecule has 0 radical (unpaired) electrons. The van der Waals surface area contributed by atoms with Gasteiger partial charge in [0.05, 0.1) is 0 Å². The van der Waals surface area contributed by atoms with Crippen LogP contribution in [-0.2, 0) is 4.79 Å². The summed E-state index contributed by atoms with van der Waals surface area (Å²) in [7, 11) is 0. The fourth-order valence-corrected chi connectivity index (χ4v) is 0.822. The first-order valence-electron chi connectivity index (χ1n) is 3.56. The van der Waals surface area contributed by atoms with Crippen molar-refractivity contribution in [3.8, 4) is 0 Å². The van der Waals surface area contributed by atoms with Crippen molar-refractivity contribution in [3.05, 3.63) is 23.4 Å². The highest BCUT2D eigenvalue weighted by atomic mass is 35.5. The Hall–Kier alpha value is -1.43. The van der Waals surface area contributed by atoms with Crippen molar-refractivity contribution >= 4 is 23.3 Å². The van der Waals surface area contributed by atoms with E-state index in [1.54, 1.807) is 11.5 Å². The zero-order valence-corrected chi connectivity index (χ0v) is 7.55. The van der Waals surface area contributed by atoms with E-state index in [2.05, 4.69) is 10.4 Å². The molecule has 0 aliphatic carbocycles. The molecule has 0 saturated heterocycles. The van der Waals surface area contributed by atoms with Gasteiger partial charge in [0, 0.05) is 0 Å². The van der Waals surface area contributed by atoms with Crippen LogP contribution in [0.2, 0.25) is 5.15 Å². The molecule has 0 atom stereocenters. The van der Waals surface area contributed by atoms with Gasteiger partial charge in [-0.25, -0.2) is 4.98 Å². The number of hydrazine groups is 1. The van der Waals surface area contributed by atoms with Crippen LogP contribution in [-0.4, -0.2) is 17.3 Å². The van der Waals surface area contributed by atoms with E-state index in [0.717, 1.165) is 0 Å². The number of aromatic nitrogens is 1. The van der Waals surface area contributed by atoms with Crippen LogP contribution in [0, 0.1) is 0 Å². The molecule has 1 heterocycles. The maximum Gasteiger partial charge on any atom is 0.317 e. The van der Waals surface area contributed by atoms with Gasteiger partial charge in [-0.15, -0.1) is 0 Å². The molecule has 0 saturated carbocycles. The van der Waals surface area contributed by atoms with Gasteiger partial charge < -0.3 is 0 Å². The molecule has 2 N–H and O–H groups in total. The quantitative estimate of drug-likeness (QED) is 0.600. The third-order valence-electron chi connectivity index (χ3n) is 1.23. The predicted molar refractivity (Wildman–Crippen MR) is 47.0 cm³/mol. The van der Waals surface area contributed by atoms with Crippen molar-refractivity contribution in [2.75, 3.05) is 5.43 Å². The monoisotopic (exact) mass is 221 g/mol. The van der Waals surface area contributed by atoms with Gasteiger partial charge in [-0.2, -0.15) is 8.78 Å². The predicted octanol–water partition coefficient (Wildman–Crippen LogP) is 1.44. The van der Waals surface area contributed by atoms with Crippen LogP contribution in [0.4, 0.5) is 14.6 Å². The van der Waals surface area contributed by atoms with Gasteiger partial charge in [0.1, 0.15) is 11.0 Å². The van der Waals surface area contributed by atoms with E-state index in [9.17, 15) is 13.6 Å². The number of halogens is 3. The van der Waals surface area contributed by atoms with Gasteiger partial charge in [0.15, 0.2) is 0 Å². The second-order valence-corrected chi connectivity index (χ2v) is 2.65. The topological polar surface area (TPSA) is 54.0 Å². The lowest BCUT2D eigenvalue weighted by Gasteiger charge is -2.06. The maximum atomic E-state index is 11.7. The van der Waals surface area contributed by atoms with E-state index in [4.69, 9.17) is 11.6 Å². The molecular weight excluding hydrogens is 216 g/mol. The Morgan fingerprint density at radius 3 is 2.79 bits per heavy atom. The summed E-state index contributed by atoms with van der Waals surface area (Å²) in [4.78, 5) is 14.1. The molecule has 0 aromatic carbocycles. The van der Waals surface area contributed by atoms with Crippen molar-refractivity contribution in [2.45, 2.75) is 6.43 Å². The van der Waals surface area contributed by atoms with Crippen molar-refractivity contribution in [3.63, 3.8) is 0 Å². The molecule has 0 spiro atoms. The van der Waals surface area contributed by atoms with E-state index < -0.39 is 12.3 Å². The zero-order chi connectivity index (χ0) is 10.6. The van der Waals surface area contributed by atoms with E-state index in [0.29, 0.717) is 0 Å². The van der Waals surface area contributed by atoms with Crippen LogP contribution in [0.3, 0.4) is 0 Å². The van der Waals surface area contributed by atoms with Crippen molar-refractivity contribution in [1.82, 2.24) is 10.4 Å². The first-order chi connectivity index (χ1) is 6.59. The van der Waals surface area contributed by atoms with Crippen LogP contribution in [0.25, 0.3) is 0 Å². The Bertz CT molecular complexity index is 334. The van der Waals surface area contributed by atoms with Crippen molar-refractivity contribution in [1.29, 1.82) is 0 Å². The van der Waals surface area contributed by atoms with Crippen LogP contribution in [0.1, 0.15) is 0 Å². The first kappa shape index (κ1) is 10.6. The smallest absolute Gasteiger partial charge is 0.282 e.